The first-order valence-corrected chi connectivity index (χ1v) is 7.19. The molecule has 6 nitrogen and oxygen atoms in total. The molecule has 1 aliphatic heterocycles. The molecule has 0 atom stereocenters. The molecule has 1 aliphatic rings. The maximum Gasteiger partial charge on any atom is 0.340 e. The van der Waals surface area contributed by atoms with Crippen molar-refractivity contribution in [2.45, 2.75) is 25.4 Å². The van der Waals surface area contributed by atoms with Gasteiger partial charge in [0.1, 0.15) is 5.82 Å². The van der Waals surface area contributed by atoms with E-state index in [1.54, 1.807) is 6.07 Å². The van der Waals surface area contributed by atoms with Gasteiger partial charge in [-0.3, -0.25) is 4.98 Å². The summed E-state index contributed by atoms with van der Waals surface area (Å²) in [7, 11) is 0. The van der Waals surface area contributed by atoms with Crippen molar-refractivity contribution < 1.29 is 8.78 Å². The molecule has 0 aliphatic carbocycles. The van der Waals surface area contributed by atoms with Crippen LogP contribution in [0.4, 0.5) is 14.5 Å². The second-order valence-electron chi connectivity index (χ2n) is 5.37. The normalized spacial score (nSPS) is 16.2. The molecule has 0 unspecified atom stereocenters. The largest absolute Gasteiger partial charge is 0.371 e. The fourth-order valence-electron chi connectivity index (χ4n) is 2.65. The van der Waals surface area contributed by atoms with E-state index in [9.17, 15) is 13.6 Å². The monoisotopic (exact) mass is 309 g/mol. The number of nitrogens with one attached hydrogen (secondary N) is 3. The topological polar surface area (TPSA) is 76.8 Å². The van der Waals surface area contributed by atoms with Gasteiger partial charge in [-0.1, -0.05) is 0 Å². The third-order valence-electron chi connectivity index (χ3n) is 3.87. The van der Waals surface area contributed by atoms with Gasteiger partial charge in [-0.25, -0.2) is 18.7 Å². The molecule has 1 saturated heterocycles. The number of anilines is 1. The predicted molar refractivity (Wildman–Crippen MR) is 77.6 cm³/mol. The van der Waals surface area contributed by atoms with Crippen molar-refractivity contribution in [3.05, 3.63) is 46.1 Å². The third kappa shape index (κ3) is 3.33. The average Bonchev–Trinajstić information content (AvgIpc) is 2.94. The van der Waals surface area contributed by atoms with Crippen LogP contribution in [0.2, 0.25) is 0 Å². The molecule has 2 heterocycles. The minimum Gasteiger partial charge on any atom is -0.371 e. The summed E-state index contributed by atoms with van der Waals surface area (Å²) < 4.78 is 26.2. The standard InChI is InChI=1S/C14H17F2N5O/c15-11-2-1-10(7-12(11)16)21-5-3-9(4-6-21)17-8-13-18-14(22)20-19-13/h1-2,7,9,17H,3-6,8H2,(H2,18,19,20,22). The van der Waals surface area contributed by atoms with E-state index in [2.05, 4.69) is 20.5 Å². The van der Waals surface area contributed by atoms with Crippen molar-refractivity contribution in [2.75, 3.05) is 18.0 Å². The van der Waals surface area contributed by atoms with E-state index in [1.165, 1.54) is 6.07 Å². The summed E-state index contributed by atoms with van der Waals surface area (Å²) in [6, 6.07) is 4.29. The molecule has 8 heteroatoms. The van der Waals surface area contributed by atoms with Crippen LogP contribution in [0.25, 0.3) is 0 Å². The van der Waals surface area contributed by atoms with E-state index in [-0.39, 0.29) is 5.69 Å². The molecule has 118 valence electrons. The van der Waals surface area contributed by atoms with Crippen LogP contribution in [0.15, 0.2) is 23.0 Å². The fourth-order valence-corrected chi connectivity index (χ4v) is 2.65. The number of halogens is 2. The quantitative estimate of drug-likeness (QED) is 0.791. The Kier molecular flexibility index (Phi) is 4.19. The zero-order valence-corrected chi connectivity index (χ0v) is 11.9. The Balaban J connectivity index is 1.51. The number of aromatic amines is 2. The van der Waals surface area contributed by atoms with Crippen LogP contribution in [0.1, 0.15) is 18.7 Å². The van der Waals surface area contributed by atoms with Gasteiger partial charge in [-0.15, -0.1) is 0 Å². The minimum atomic E-state index is -0.826. The lowest BCUT2D eigenvalue weighted by atomic mass is 10.0. The first-order chi connectivity index (χ1) is 10.6. The molecule has 0 saturated carbocycles. The van der Waals surface area contributed by atoms with E-state index < -0.39 is 11.6 Å². The summed E-state index contributed by atoms with van der Waals surface area (Å²) in [5.74, 6) is -1.07. The first-order valence-electron chi connectivity index (χ1n) is 7.19. The summed E-state index contributed by atoms with van der Waals surface area (Å²) in [4.78, 5) is 15.6. The van der Waals surface area contributed by atoms with Crippen molar-refractivity contribution in [3.63, 3.8) is 0 Å². The van der Waals surface area contributed by atoms with E-state index in [4.69, 9.17) is 0 Å². The van der Waals surface area contributed by atoms with Gasteiger partial charge in [0.05, 0.1) is 6.54 Å². The van der Waals surface area contributed by atoms with Gasteiger partial charge >= 0.3 is 5.69 Å². The number of hydrogen-bond acceptors (Lipinski definition) is 4. The highest BCUT2D eigenvalue weighted by Crippen LogP contribution is 2.22. The average molecular weight is 309 g/mol. The summed E-state index contributed by atoms with van der Waals surface area (Å²) in [5, 5.41) is 9.49. The molecule has 3 rings (SSSR count). The molecule has 3 N–H and O–H groups in total. The lowest BCUT2D eigenvalue weighted by molar-refractivity contribution is 0.409. The molecule has 22 heavy (non-hydrogen) atoms. The van der Waals surface area contributed by atoms with Gasteiger partial charge in [-0.2, -0.15) is 5.10 Å². The Bertz CT molecular complexity index is 691. The summed E-state index contributed by atoms with van der Waals surface area (Å²) in [5.41, 5.74) is 0.388. The van der Waals surface area contributed by atoms with E-state index in [1.807, 2.05) is 4.90 Å². The number of benzene rings is 1. The van der Waals surface area contributed by atoms with Crippen LogP contribution in [-0.2, 0) is 6.54 Å². The van der Waals surface area contributed by atoms with Crippen molar-refractivity contribution in [1.29, 1.82) is 0 Å². The van der Waals surface area contributed by atoms with Crippen LogP contribution in [0.5, 0.6) is 0 Å². The second-order valence-corrected chi connectivity index (χ2v) is 5.37. The van der Waals surface area contributed by atoms with E-state index in [0.717, 1.165) is 32.0 Å². The molecular formula is C14H17F2N5O. The molecule has 1 aromatic carbocycles. The predicted octanol–water partition coefficient (Wildman–Crippen LogP) is 1.13. The number of piperidine rings is 1. The van der Waals surface area contributed by atoms with Gasteiger partial charge < -0.3 is 10.2 Å². The second kappa shape index (κ2) is 6.27. The van der Waals surface area contributed by atoms with Crippen LogP contribution in [0, 0.1) is 11.6 Å². The molecule has 0 spiro atoms. The van der Waals surface area contributed by atoms with Crippen LogP contribution >= 0.6 is 0 Å². The fraction of sp³-hybridized carbons (Fsp3) is 0.429. The molecule has 0 radical (unpaired) electrons. The van der Waals surface area contributed by atoms with Gasteiger partial charge in [0.25, 0.3) is 0 Å². The van der Waals surface area contributed by atoms with Crippen LogP contribution in [0.3, 0.4) is 0 Å². The highest BCUT2D eigenvalue weighted by Gasteiger charge is 2.20. The molecule has 0 bridgehead atoms. The molecule has 2 aromatic rings. The zero-order valence-electron chi connectivity index (χ0n) is 11.9. The first kappa shape index (κ1) is 14.7. The van der Waals surface area contributed by atoms with Crippen molar-refractivity contribution in [2.24, 2.45) is 0 Å². The highest BCUT2D eigenvalue weighted by atomic mass is 19.2. The lowest BCUT2D eigenvalue weighted by Crippen LogP contribution is -2.42. The summed E-state index contributed by atoms with van der Waals surface area (Å²) in [6.07, 6.45) is 1.77. The van der Waals surface area contributed by atoms with E-state index in [0.29, 0.717) is 24.1 Å². The van der Waals surface area contributed by atoms with Crippen LogP contribution in [-0.4, -0.2) is 34.3 Å². The zero-order chi connectivity index (χ0) is 15.5. The Labute approximate surface area is 125 Å². The minimum absolute atomic E-state index is 0.307. The third-order valence-corrected chi connectivity index (χ3v) is 3.87. The van der Waals surface area contributed by atoms with Gasteiger partial charge in [0.2, 0.25) is 0 Å². The van der Waals surface area contributed by atoms with Gasteiger partial charge in [0, 0.05) is 30.9 Å². The number of aromatic nitrogens is 3. The van der Waals surface area contributed by atoms with Crippen molar-refractivity contribution in [3.8, 4) is 0 Å². The Hall–Kier alpha value is -2.22. The molecule has 1 aromatic heterocycles. The SMILES string of the molecule is O=c1[nH]nc(CNC2CCN(c3ccc(F)c(F)c3)CC2)[nH]1. The molecule has 0 amide bonds. The molecule has 1 fully saturated rings. The maximum atomic E-state index is 13.3. The Morgan fingerprint density at radius 1 is 1.27 bits per heavy atom. The Morgan fingerprint density at radius 3 is 2.68 bits per heavy atom. The Morgan fingerprint density at radius 2 is 2.05 bits per heavy atom. The summed E-state index contributed by atoms with van der Waals surface area (Å²) >= 11 is 0. The number of hydrogen-bond donors (Lipinski definition) is 3. The summed E-state index contributed by atoms with van der Waals surface area (Å²) in [6.45, 7) is 2.02. The number of nitrogens with zero attached hydrogens (tertiary/aromatic N) is 2. The van der Waals surface area contributed by atoms with Gasteiger partial charge in [0.15, 0.2) is 11.6 Å². The van der Waals surface area contributed by atoms with Crippen molar-refractivity contribution >= 4 is 5.69 Å². The maximum absolute atomic E-state index is 13.3. The van der Waals surface area contributed by atoms with E-state index >= 15 is 0 Å². The molecular weight excluding hydrogens is 292 g/mol. The number of rotatable bonds is 4. The van der Waals surface area contributed by atoms with Crippen LogP contribution < -0.4 is 15.9 Å². The lowest BCUT2D eigenvalue weighted by Gasteiger charge is -2.34. The highest BCUT2D eigenvalue weighted by molar-refractivity contribution is 5.47. The number of H-pyrrole nitrogens is 2. The smallest absolute Gasteiger partial charge is 0.340 e. The van der Waals surface area contributed by atoms with Crippen molar-refractivity contribution in [1.82, 2.24) is 20.5 Å². The van der Waals surface area contributed by atoms with Gasteiger partial charge in [-0.05, 0) is 25.0 Å².